The Labute approximate surface area is 120 Å². The lowest BCUT2D eigenvalue weighted by Crippen LogP contribution is -2.33. The molecule has 0 spiro atoms. The Morgan fingerprint density at radius 1 is 1.30 bits per heavy atom. The Balaban J connectivity index is 1.87. The Bertz CT molecular complexity index is 594. The van der Waals surface area contributed by atoms with Crippen molar-refractivity contribution < 1.29 is 13.2 Å². The van der Waals surface area contributed by atoms with E-state index in [0.717, 1.165) is 43.7 Å². The fourth-order valence-electron chi connectivity index (χ4n) is 2.83. The van der Waals surface area contributed by atoms with Gasteiger partial charge in [0, 0.05) is 13.1 Å². The number of fused-ring (bicyclic) bond motifs is 1. The smallest absolute Gasteiger partial charge is 0.240 e. The first-order valence-corrected chi connectivity index (χ1v) is 8.55. The molecule has 1 aliphatic heterocycles. The Kier molecular flexibility index (Phi) is 3.60. The topological polar surface area (TPSA) is 58.6 Å². The van der Waals surface area contributed by atoms with Crippen LogP contribution in [-0.4, -0.2) is 34.7 Å². The molecular weight excluding hydrogens is 276 g/mol. The molecule has 1 aromatic carbocycles. The molecular formula is C14H20N2O3S. The van der Waals surface area contributed by atoms with Crippen LogP contribution < -0.4 is 14.4 Å². The van der Waals surface area contributed by atoms with Crippen LogP contribution in [0.15, 0.2) is 23.1 Å². The lowest BCUT2D eigenvalue weighted by atomic mass is 10.2. The molecule has 0 aromatic heterocycles. The summed E-state index contributed by atoms with van der Waals surface area (Å²) in [4.78, 5) is 2.34. The van der Waals surface area contributed by atoms with E-state index in [0.29, 0.717) is 11.5 Å². The minimum atomic E-state index is -3.43. The number of ether oxygens (including phenoxy) is 1. The Morgan fingerprint density at radius 2 is 2.05 bits per heavy atom. The minimum absolute atomic E-state index is 0.0880. The summed E-state index contributed by atoms with van der Waals surface area (Å²) in [7, 11) is -1.49. The van der Waals surface area contributed by atoms with Crippen molar-refractivity contribution >= 4 is 15.7 Å². The van der Waals surface area contributed by atoms with Crippen molar-refractivity contribution in [2.24, 2.45) is 0 Å². The van der Waals surface area contributed by atoms with E-state index in [1.165, 1.54) is 0 Å². The lowest BCUT2D eigenvalue weighted by Gasteiger charge is -2.28. The summed E-state index contributed by atoms with van der Waals surface area (Å²) < 4.78 is 33.2. The average Bonchev–Trinajstić information content (AvgIpc) is 2.91. The van der Waals surface area contributed by atoms with Crippen LogP contribution >= 0.6 is 0 Å². The molecule has 1 heterocycles. The monoisotopic (exact) mass is 296 g/mol. The molecule has 6 heteroatoms. The third-order valence-electron chi connectivity index (χ3n) is 4.01. The quantitative estimate of drug-likeness (QED) is 0.923. The minimum Gasteiger partial charge on any atom is -0.490 e. The standard InChI is InChI=1S/C14H20N2O3S/c1-16-8-9-19-14-7-6-12(10-13(14)16)20(17,18)15-11-4-2-3-5-11/h6-7,10-11,15H,2-5,8-9H2,1H3. The van der Waals surface area contributed by atoms with Crippen molar-refractivity contribution in [1.82, 2.24) is 4.72 Å². The van der Waals surface area contributed by atoms with Gasteiger partial charge in [0.2, 0.25) is 10.0 Å². The molecule has 0 atom stereocenters. The number of hydrogen-bond donors (Lipinski definition) is 1. The normalized spacial score (nSPS) is 19.8. The van der Waals surface area contributed by atoms with E-state index >= 15 is 0 Å². The highest BCUT2D eigenvalue weighted by Crippen LogP contribution is 2.33. The van der Waals surface area contributed by atoms with E-state index in [1.807, 2.05) is 11.9 Å². The first kappa shape index (κ1) is 13.7. The molecule has 0 amide bonds. The number of nitrogens with zero attached hydrogens (tertiary/aromatic N) is 1. The summed E-state index contributed by atoms with van der Waals surface area (Å²) in [5.41, 5.74) is 0.838. The van der Waals surface area contributed by atoms with Gasteiger partial charge in [0.1, 0.15) is 12.4 Å². The van der Waals surface area contributed by atoms with E-state index in [-0.39, 0.29) is 6.04 Å². The molecule has 5 nitrogen and oxygen atoms in total. The summed E-state index contributed by atoms with van der Waals surface area (Å²) in [5, 5.41) is 0. The van der Waals surface area contributed by atoms with Gasteiger partial charge in [-0.05, 0) is 31.0 Å². The fraction of sp³-hybridized carbons (Fsp3) is 0.571. The molecule has 3 rings (SSSR count). The van der Waals surface area contributed by atoms with E-state index in [2.05, 4.69) is 4.72 Å². The van der Waals surface area contributed by atoms with Gasteiger partial charge in [0.05, 0.1) is 17.1 Å². The molecule has 1 aromatic rings. The molecule has 110 valence electrons. The Morgan fingerprint density at radius 3 is 2.80 bits per heavy atom. The van der Waals surface area contributed by atoms with Crippen molar-refractivity contribution in [2.45, 2.75) is 36.6 Å². The summed E-state index contributed by atoms with van der Waals surface area (Å²) >= 11 is 0. The highest BCUT2D eigenvalue weighted by Gasteiger charge is 2.25. The maximum Gasteiger partial charge on any atom is 0.240 e. The molecule has 0 unspecified atom stereocenters. The van der Waals surface area contributed by atoms with Crippen LogP contribution in [-0.2, 0) is 10.0 Å². The van der Waals surface area contributed by atoms with Gasteiger partial charge in [-0.1, -0.05) is 12.8 Å². The first-order valence-electron chi connectivity index (χ1n) is 7.06. The molecule has 1 N–H and O–H groups in total. The van der Waals surface area contributed by atoms with Crippen molar-refractivity contribution in [3.05, 3.63) is 18.2 Å². The van der Waals surface area contributed by atoms with Crippen LogP contribution in [0.3, 0.4) is 0 Å². The second-order valence-electron chi connectivity index (χ2n) is 5.50. The summed E-state index contributed by atoms with van der Waals surface area (Å²) in [6.45, 7) is 1.41. The molecule has 1 fully saturated rings. The molecule has 1 aliphatic carbocycles. The number of nitrogens with one attached hydrogen (secondary N) is 1. The van der Waals surface area contributed by atoms with Gasteiger partial charge in [0.15, 0.2) is 0 Å². The lowest BCUT2D eigenvalue weighted by molar-refractivity contribution is 0.311. The van der Waals surface area contributed by atoms with Crippen molar-refractivity contribution in [2.75, 3.05) is 25.1 Å². The van der Waals surface area contributed by atoms with Crippen molar-refractivity contribution in [1.29, 1.82) is 0 Å². The largest absolute Gasteiger partial charge is 0.490 e. The van der Waals surface area contributed by atoms with E-state index in [4.69, 9.17) is 4.74 Å². The van der Waals surface area contributed by atoms with Gasteiger partial charge >= 0.3 is 0 Å². The number of anilines is 1. The van der Waals surface area contributed by atoms with Gasteiger partial charge < -0.3 is 9.64 Å². The second kappa shape index (κ2) is 5.26. The zero-order valence-corrected chi connectivity index (χ0v) is 12.4. The molecule has 1 saturated carbocycles. The maximum absolute atomic E-state index is 12.4. The molecule has 20 heavy (non-hydrogen) atoms. The molecule has 2 aliphatic rings. The van der Waals surface area contributed by atoms with Crippen LogP contribution in [0.1, 0.15) is 25.7 Å². The average molecular weight is 296 g/mol. The van der Waals surface area contributed by atoms with Crippen LogP contribution in [0.5, 0.6) is 5.75 Å². The summed E-state index contributed by atoms with van der Waals surface area (Å²) in [5.74, 6) is 0.749. The number of hydrogen-bond acceptors (Lipinski definition) is 4. The van der Waals surface area contributed by atoms with Crippen molar-refractivity contribution in [3.63, 3.8) is 0 Å². The van der Waals surface area contributed by atoms with Crippen molar-refractivity contribution in [3.8, 4) is 5.75 Å². The van der Waals surface area contributed by atoms with Gasteiger partial charge in [-0.3, -0.25) is 0 Å². The zero-order valence-electron chi connectivity index (χ0n) is 11.6. The number of sulfonamides is 1. The zero-order chi connectivity index (χ0) is 14.2. The van der Waals surface area contributed by atoms with E-state index in [1.54, 1.807) is 18.2 Å². The maximum atomic E-state index is 12.4. The van der Waals surface area contributed by atoms with Gasteiger partial charge in [-0.25, -0.2) is 13.1 Å². The molecule has 0 bridgehead atoms. The number of likely N-dealkylation sites (N-methyl/N-ethyl adjacent to an activating group) is 1. The van der Waals surface area contributed by atoms with Crippen LogP contribution in [0.4, 0.5) is 5.69 Å². The Hall–Kier alpha value is -1.27. The SMILES string of the molecule is CN1CCOc2ccc(S(=O)(=O)NC3CCCC3)cc21. The van der Waals surface area contributed by atoms with Crippen LogP contribution in [0.25, 0.3) is 0 Å². The van der Waals surface area contributed by atoms with Crippen LogP contribution in [0.2, 0.25) is 0 Å². The highest BCUT2D eigenvalue weighted by molar-refractivity contribution is 7.89. The highest BCUT2D eigenvalue weighted by atomic mass is 32.2. The third kappa shape index (κ3) is 2.62. The third-order valence-corrected chi connectivity index (χ3v) is 5.53. The summed E-state index contributed by atoms with van der Waals surface area (Å²) in [6, 6.07) is 5.15. The van der Waals surface area contributed by atoms with E-state index in [9.17, 15) is 8.42 Å². The van der Waals surface area contributed by atoms with Gasteiger partial charge in [-0.15, -0.1) is 0 Å². The second-order valence-corrected chi connectivity index (χ2v) is 7.22. The number of rotatable bonds is 3. The fourth-order valence-corrected chi connectivity index (χ4v) is 4.15. The first-order chi connectivity index (χ1) is 9.56. The van der Waals surface area contributed by atoms with Crippen LogP contribution in [0, 0.1) is 0 Å². The molecule has 0 radical (unpaired) electrons. The number of benzene rings is 1. The predicted molar refractivity (Wildman–Crippen MR) is 77.8 cm³/mol. The van der Waals surface area contributed by atoms with Gasteiger partial charge in [-0.2, -0.15) is 0 Å². The summed E-state index contributed by atoms with van der Waals surface area (Å²) in [6.07, 6.45) is 4.09. The van der Waals surface area contributed by atoms with E-state index < -0.39 is 10.0 Å². The van der Waals surface area contributed by atoms with Gasteiger partial charge in [0.25, 0.3) is 0 Å². The molecule has 0 saturated heterocycles. The predicted octanol–water partition coefficient (Wildman–Crippen LogP) is 1.74.